The summed E-state index contributed by atoms with van der Waals surface area (Å²) in [7, 11) is 0. The molecular weight excluding hydrogens is 258 g/mol. The Kier molecular flexibility index (Phi) is 4.84. The van der Waals surface area contributed by atoms with Crippen molar-refractivity contribution in [3.05, 3.63) is 12.2 Å². The molecular formula is C15H25NO4. The number of carbonyl (C=O) groups is 2. The number of esters is 1. The fraction of sp³-hybridized carbons (Fsp3) is 0.733. The van der Waals surface area contributed by atoms with Gasteiger partial charge in [0.25, 0.3) is 0 Å². The van der Waals surface area contributed by atoms with Gasteiger partial charge >= 0.3 is 12.1 Å². The fourth-order valence-corrected chi connectivity index (χ4v) is 1.66. The van der Waals surface area contributed by atoms with E-state index in [0.29, 0.717) is 13.1 Å². The molecule has 0 aromatic carbocycles. The molecule has 0 aromatic rings. The van der Waals surface area contributed by atoms with Crippen LogP contribution in [0, 0.1) is 5.92 Å². The van der Waals surface area contributed by atoms with E-state index >= 15 is 0 Å². The fourth-order valence-electron chi connectivity index (χ4n) is 1.66. The van der Waals surface area contributed by atoms with Gasteiger partial charge in [-0.25, -0.2) is 9.59 Å². The van der Waals surface area contributed by atoms with Gasteiger partial charge in [-0.15, -0.1) is 0 Å². The first-order chi connectivity index (χ1) is 8.96. The van der Waals surface area contributed by atoms with Gasteiger partial charge in [-0.2, -0.15) is 0 Å². The normalized spacial score (nSPS) is 17.0. The Balaban J connectivity index is 2.32. The van der Waals surface area contributed by atoms with Crippen LogP contribution in [0.1, 0.15) is 41.5 Å². The topological polar surface area (TPSA) is 55.8 Å². The molecule has 114 valence electrons. The summed E-state index contributed by atoms with van der Waals surface area (Å²) in [4.78, 5) is 24.8. The average Bonchev–Trinajstić information content (AvgIpc) is 2.08. The molecule has 0 spiro atoms. The van der Waals surface area contributed by atoms with Crippen LogP contribution in [-0.2, 0) is 14.3 Å². The van der Waals surface area contributed by atoms with Crippen molar-refractivity contribution in [3.63, 3.8) is 0 Å². The number of ether oxygens (including phenoxy) is 2. The summed E-state index contributed by atoms with van der Waals surface area (Å²) in [6.45, 7) is 12.1. The highest BCUT2D eigenvalue weighted by molar-refractivity contribution is 5.82. The number of rotatable bonds is 2. The Morgan fingerprint density at radius 3 is 1.95 bits per heavy atom. The van der Waals surface area contributed by atoms with Crippen LogP contribution in [0.3, 0.4) is 0 Å². The van der Waals surface area contributed by atoms with E-state index in [1.807, 2.05) is 41.5 Å². The van der Waals surface area contributed by atoms with Crippen LogP contribution in [0.4, 0.5) is 4.79 Å². The van der Waals surface area contributed by atoms with Gasteiger partial charge < -0.3 is 14.4 Å². The maximum Gasteiger partial charge on any atom is 0.410 e. The zero-order valence-electron chi connectivity index (χ0n) is 13.2. The van der Waals surface area contributed by atoms with E-state index in [2.05, 4.69) is 0 Å². The van der Waals surface area contributed by atoms with Crippen LogP contribution >= 0.6 is 0 Å². The minimum atomic E-state index is -0.483. The molecule has 1 saturated heterocycles. The van der Waals surface area contributed by atoms with Gasteiger partial charge in [0.1, 0.15) is 11.2 Å². The van der Waals surface area contributed by atoms with Crippen LogP contribution < -0.4 is 0 Å². The van der Waals surface area contributed by atoms with Gasteiger partial charge in [-0.05, 0) is 41.5 Å². The van der Waals surface area contributed by atoms with Crippen LogP contribution in [0.5, 0.6) is 0 Å². The number of nitrogens with zero attached hydrogens (tertiary/aromatic N) is 1. The third-order valence-electron chi connectivity index (χ3n) is 2.47. The first-order valence-electron chi connectivity index (χ1n) is 6.85. The smallest absolute Gasteiger partial charge is 0.410 e. The number of likely N-dealkylation sites (tertiary alicyclic amines) is 1. The van der Waals surface area contributed by atoms with Crippen molar-refractivity contribution in [1.29, 1.82) is 0 Å². The van der Waals surface area contributed by atoms with Crippen molar-refractivity contribution < 1.29 is 19.1 Å². The number of carbonyl (C=O) groups excluding carboxylic acids is 2. The Hall–Kier alpha value is -1.52. The van der Waals surface area contributed by atoms with Gasteiger partial charge in [-0.3, -0.25) is 0 Å². The lowest BCUT2D eigenvalue weighted by Gasteiger charge is -2.38. The Labute approximate surface area is 120 Å². The van der Waals surface area contributed by atoms with Crippen molar-refractivity contribution in [2.45, 2.75) is 52.7 Å². The Bertz CT molecular complexity index is 395. The first-order valence-corrected chi connectivity index (χ1v) is 6.85. The largest absolute Gasteiger partial charge is 0.457 e. The maximum atomic E-state index is 11.7. The molecule has 0 N–H and O–H groups in total. The van der Waals surface area contributed by atoms with Gasteiger partial charge in [0.2, 0.25) is 0 Å². The van der Waals surface area contributed by atoms with E-state index in [1.54, 1.807) is 11.0 Å². The van der Waals surface area contributed by atoms with Gasteiger partial charge in [0.05, 0.1) is 0 Å². The molecule has 0 radical (unpaired) electrons. The summed E-state index contributed by atoms with van der Waals surface area (Å²) in [6.07, 6.45) is 2.91. The molecule has 0 aliphatic carbocycles. The monoisotopic (exact) mass is 283 g/mol. The third kappa shape index (κ3) is 6.08. The third-order valence-corrected chi connectivity index (χ3v) is 2.47. The SMILES string of the molecule is CC(C)(C)OC(=O)/C=C/C1CN(C(=O)OC(C)(C)C)C1. The lowest BCUT2D eigenvalue weighted by molar-refractivity contribution is -0.148. The highest BCUT2D eigenvalue weighted by Crippen LogP contribution is 2.20. The van der Waals surface area contributed by atoms with Crippen molar-refractivity contribution >= 4 is 12.1 Å². The molecule has 0 saturated carbocycles. The van der Waals surface area contributed by atoms with Crippen molar-refractivity contribution in [2.24, 2.45) is 5.92 Å². The zero-order valence-corrected chi connectivity index (χ0v) is 13.2. The van der Waals surface area contributed by atoms with Crippen LogP contribution in [0.15, 0.2) is 12.2 Å². The molecule has 1 heterocycles. The molecule has 0 atom stereocenters. The maximum absolute atomic E-state index is 11.7. The lowest BCUT2D eigenvalue weighted by atomic mass is 10.0. The molecule has 1 aliphatic heterocycles. The summed E-state index contributed by atoms with van der Waals surface area (Å²) < 4.78 is 10.4. The molecule has 0 unspecified atom stereocenters. The molecule has 5 nitrogen and oxygen atoms in total. The van der Waals surface area contributed by atoms with Crippen LogP contribution in [0.25, 0.3) is 0 Å². The summed E-state index contributed by atoms with van der Waals surface area (Å²) in [5.41, 5.74) is -0.960. The highest BCUT2D eigenvalue weighted by Gasteiger charge is 2.32. The molecule has 20 heavy (non-hydrogen) atoms. The first kappa shape index (κ1) is 16.5. The van der Waals surface area contributed by atoms with E-state index < -0.39 is 11.2 Å². The van der Waals surface area contributed by atoms with E-state index in [9.17, 15) is 9.59 Å². The van der Waals surface area contributed by atoms with E-state index in [1.165, 1.54) is 6.08 Å². The molecule has 1 rings (SSSR count). The average molecular weight is 283 g/mol. The van der Waals surface area contributed by atoms with Gasteiger partial charge in [0.15, 0.2) is 0 Å². The minimum absolute atomic E-state index is 0.190. The zero-order chi connectivity index (χ0) is 15.6. The number of amides is 1. The number of hydrogen-bond donors (Lipinski definition) is 0. The molecule has 1 fully saturated rings. The summed E-state index contributed by atoms with van der Waals surface area (Å²) >= 11 is 0. The molecule has 0 bridgehead atoms. The van der Waals surface area contributed by atoms with Crippen LogP contribution in [-0.4, -0.2) is 41.3 Å². The standard InChI is InChI=1S/C15H25NO4/c1-14(2,3)19-12(17)8-7-11-9-16(10-11)13(18)20-15(4,5)6/h7-8,11H,9-10H2,1-6H3/b8-7+. The van der Waals surface area contributed by atoms with Crippen molar-refractivity contribution in [2.75, 3.05) is 13.1 Å². The van der Waals surface area contributed by atoms with Gasteiger partial charge in [-0.1, -0.05) is 6.08 Å². The number of hydrogen-bond acceptors (Lipinski definition) is 4. The summed E-state index contributed by atoms with van der Waals surface area (Å²) in [5.74, 6) is -0.164. The second-order valence-corrected chi connectivity index (χ2v) is 7.04. The quantitative estimate of drug-likeness (QED) is 0.577. The molecule has 5 heteroatoms. The van der Waals surface area contributed by atoms with Gasteiger partial charge in [0, 0.05) is 25.1 Å². The molecule has 0 aromatic heterocycles. The minimum Gasteiger partial charge on any atom is -0.457 e. The Morgan fingerprint density at radius 1 is 1.00 bits per heavy atom. The van der Waals surface area contributed by atoms with Crippen molar-refractivity contribution in [3.8, 4) is 0 Å². The second kappa shape index (κ2) is 5.85. The van der Waals surface area contributed by atoms with E-state index in [-0.39, 0.29) is 18.0 Å². The lowest BCUT2D eigenvalue weighted by Crippen LogP contribution is -2.50. The molecule has 1 amide bonds. The second-order valence-electron chi connectivity index (χ2n) is 7.04. The van der Waals surface area contributed by atoms with Crippen LogP contribution in [0.2, 0.25) is 0 Å². The summed E-state index contributed by atoms with van der Waals surface area (Å²) in [5, 5.41) is 0. The van der Waals surface area contributed by atoms with E-state index in [0.717, 1.165) is 0 Å². The van der Waals surface area contributed by atoms with E-state index in [4.69, 9.17) is 9.47 Å². The highest BCUT2D eigenvalue weighted by atomic mass is 16.6. The van der Waals surface area contributed by atoms with Crippen molar-refractivity contribution in [1.82, 2.24) is 4.90 Å². The molecule has 1 aliphatic rings. The predicted octanol–water partition coefficient (Wildman–Crippen LogP) is 2.75. The Morgan fingerprint density at radius 2 is 1.50 bits per heavy atom. The predicted molar refractivity (Wildman–Crippen MR) is 76.3 cm³/mol. The summed E-state index contributed by atoms with van der Waals surface area (Å²) in [6, 6.07) is 0.